The van der Waals surface area contributed by atoms with E-state index in [0.29, 0.717) is 24.6 Å². The first-order valence-corrected chi connectivity index (χ1v) is 4.70. The van der Waals surface area contributed by atoms with E-state index in [0.717, 1.165) is 0 Å². The van der Waals surface area contributed by atoms with Crippen LogP contribution in [0.15, 0.2) is 0 Å². The van der Waals surface area contributed by atoms with E-state index >= 15 is 0 Å². The Bertz CT molecular complexity index is 136. The molecule has 0 unspecified atom stereocenters. The molecule has 0 saturated heterocycles. The van der Waals surface area contributed by atoms with Crippen molar-refractivity contribution in [3.05, 3.63) is 0 Å². The summed E-state index contributed by atoms with van der Waals surface area (Å²) in [6.45, 7) is 0. The van der Waals surface area contributed by atoms with Crippen LogP contribution in [-0.4, -0.2) is 12.1 Å². The molecular weight excluding hydrogens is 189 g/mol. The fraction of sp³-hybridized carbons (Fsp3) is 1.00. The van der Waals surface area contributed by atoms with Crippen molar-refractivity contribution in [2.24, 2.45) is 11.8 Å². The van der Waals surface area contributed by atoms with Crippen LogP contribution in [0, 0.1) is 11.8 Å². The molecule has 0 nitrogen and oxygen atoms in total. The molecule has 0 spiro atoms. The van der Waals surface area contributed by atoms with Crippen LogP contribution in [0.3, 0.4) is 0 Å². The Hall–Kier alpha value is 0.0800. The molecule has 0 amide bonds. The molecule has 0 aromatic heterocycles. The molecule has 72 valence electrons. The summed E-state index contributed by atoms with van der Waals surface area (Å²) in [6, 6.07) is 0. The Morgan fingerprint density at radius 2 is 1.58 bits per heavy atom. The summed E-state index contributed by atoms with van der Waals surface area (Å²) in [7, 11) is 0. The molecule has 0 aromatic carbocycles. The Morgan fingerprint density at radius 1 is 1.08 bits per heavy atom. The highest BCUT2D eigenvalue weighted by Gasteiger charge is 2.41. The van der Waals surface area contributed by atoms with Crippen molar-refractivity contribution in [1.29, 1.82) is 0 Å². The van der Waals surface area contributed by atoms with Gasteiger partial charge >= 0.3 is 6.18 Å². The van der Waals surface area contributed by atoms with Gasteiger partial charge in [0.15, 0.2) is 0 Å². The number of hydrogen-bond donors (Lipinski definition) is 0. The van der Waals surface area contributed by atoms with Gasteiger partial charge in [-0.05, 0) is 31.6 Å². The molecule has 1 aliphatic rings. The number of hydrogen-bond acceptors (Lipinski definition) is 0. The molecule has 0 aliphatic heterocycles. The van der Waals surface area contributed by atoms with E-state index in [9.17, 15) is 13.2 Å². The van der Waals surface area contributed by atoms with E-state index in [2.05, 4.69) is 0 Å². The topological polar surface area (TPSA) is 0 Å². The second kappa shape index (κ2) is 3.86. The Morgan fingerprint density at radius 3 is 1.92 bits per heavy atom. The molecule has 1 saturated carbocycles. The summed E-state index contributed by atoms with van der Waals surface area (Å²) in [5.41, 5.74) is 0. The van der Waals surface area contributed by atoms with Gasteiger partial charge in [0, 0.05) is 5.88 Å². The Labute approximate surface area is 75.1 Å². The first-order valence-electron chi connectivity index (χ1n) is 4.16. The largest absolute Gasteiger partial charge is 0.391 e. The normalized spacial score (nSPS) is 32.0. The smallest absolute Gasteiger partial charge is 0.171 e. The molecule has 1 aliphatic carbocycles. The third-order valence-electron chi connectivity index (χ3n) is 2.53. The van der Waals surface area contributed by atoms with Gasteiger partial charge in [0.25, 0.3) is 0 Å². The SMILES string of the molecule is FC(F)(F)C1CCC(CCl)CC1. The third kappa shape index (κ3) is 2.54. The van der Waals surface area contributed by atoms with E-state index in [1.807, 2.05) is 0 Å². The van der Waals surface area contributed by atoms with E-state index in [1.165, 1.54) is 0 Å². The summed E-state index contributed by atoms with van der Waals surface area (Å²) in [6.07, 6.45) is -2.19. The van der Waals surface area contributed by atoms with Crippen LogP contribution in [0.5, 0.6) is 0 Å². The molecule has 4 heteroatoms. The standard InChI is InChI=1S/C8H12ClF3/c9-5-6-1-3-7(4-2-6)8(10,11)12/h6-7H,1-5H2. The number of alkyl halides is 4. The summed E-state index contributed by atoms with van der Waals surface area (Å²) < 4.78 is 36.4. The highest BCUT2D eigenvalue weighted by atomic mass is 35.5. The van der Waals surface area contributed by atoms with Crippen LogP contribution in [0.25, 0.3) is 0 Å². The average Bonchev–Trinajstić information content (AvgIpc) is 2.03. The van der Waals surface area contributed by atoms with Crippen LogP contribution in [0.4, 0.5) is 13.2 Å². The van der Waals surface area contributed by atoms with Gasteiger partial charge in [-0.2, -0.15) is 13.2 Å². The van der Waals surface area contributed by atoms with Gasteiger partial charge in [-0.15, -0.1) is 11.6 Å². The molecule has 0 aromatic rings. The molecular formula is C8H12ClF3. The molecule has 0 bridgehead atoms. The van der Waals surface area contributed by atoms with Crippen LogP contribution in [0.1, 0.15) is 25.7 Å². The van der Waals surface area contributed by atoms with Crippen LogP contribution in [0.2, 0.25) is 0 Å². The highest BCUT2D eigenvalue weighted by molar-refractivity contribution is 6.18. The zero-order valence-corrected chi connectivity index (χ0v) is 7.46. The number of halogens is 4. The molecule has 0 radical (unpaired) electrons. The quantitative estimate of drug-likeness (QED) is 0.568. The zero-order chi connectivity index (χ0) is 9.19. The lowest BCUT2D eigenvalue weighted by Crippen LogP contribution is -2.28. The van der Waals surface area contributed by atoms with Crippen molar-refractivity contribution >= 4 is 11.6 Å². The van der Waals surface area contributed by atoms with Crippen molar-refractivity contribution in [2.75, 3.05) is 5.88 Å². The Kier molecular flexibility index (Phi) is 3.27. The van der Waals surface area contributed by atoms with Crippen LogP contribution in [-0.2, 0) is 0 Å². The molecule has 0 N–H and O–H groups in total. The lowest BCUT2D eigenvalue weighted by Gasteiger charge is -2.28. The van der Waals surface area contributed by atoms with Crippen LogP contribution < -0.4 is 0 Å². The van der Waals surface area contributed by atoms with Crippen molar-refractivity contribution in [3.8, 4) is 0 Å². The van der Waals surface area contributed by atoms with Crippen molar-refractivity contribution in [1.82, 2.24) is 0 Å². The second-order valence-electron chi connectivity index (χ2n) is 3.41. The maximum atomic E-state index is 12.1. The van der Waals surface area contributed by atoms with Crippen LogP contribution >= 0.6 is 11.6 Å². The first kappa shape index (κ1) is 10.2. The number of rotatable bonds is 1. The summed E-state index contributed by atoms with van der Waals surface area (Å²) >= 11 is 5.56. The van der Waals surface area contributed by atoms with Gasteiger partial charge in [0.2, 0.25) is 0 Å². The first-order chi connectivity index (χ1) is 5.54. The second-order valence-corrected chi connectivity index (χ2v) is 3.72. The zero-order valence-electron chi connectivity index (χ0n) is 6.70. The van der Waals surface area contributed by atoms with Gasteiger partial charge in [0.05, 0.1) is 5.92 Å². The maximum Gasteiger partial charge on any atom is 0.391 e. The molecule has 1 fully saturated rings. The minimum atomic E-state index is -3.99. The van der Waals surface area contributed by atoms with Crippen molar-refractivity contribution in [3.63, 3.8) is 0 Å². The highest BCUT2D eigenvalue weighted by Crippen LogP contribution is 2.39. The maximum absolute atomic E-state index is 12.1. The summed E-state index contributed by atoms with van der Waals surface area (Å²) in [5.74, 6) is -0.257. The predicted molar refractivity (Wildman–Crippen MR) is 42.2 cm³/mol. The average molecular weight is 201 g/mol. The minimum absolute atomic E-state index is 0.265. The van der Waals surface area contributed by atoms with Gasteiger partial charge in [-0.1, -0.05) is 0 Å². The molecule has 12 heavy (non-hydrogen) atoms. The molecule has 1 rings (SSSR count). The monoisotopic (exact) mass is 200 g/mol. The van der Waals surface area contributed by atoms with E-state index < -0.39 is 12.1 Å². The third-order valence-corrected chi connectivity index (χ3v) is 2.96. The van der Waals surface area contributed by atoms with Crippen molar-refractivity contribution < 1.29 is 13.2 Å². The minimum Gasteiger partial charge on any atom is -0.171 e. The predicted octanol–water partition coefficient (Wildman–Crippen LogP) is 3.59. The fourth-order valence-electron chi connectivity index (χ4n) is 1.64. The summed E-state index contributed by atoms with van der Waals surface area (Å²) in [4.78, 5) is 0. The Balaban J connectivity index is 2.36. The fourth-order valence-corrected chi connectivity index (χ4v) is 1.95. The lowest BCUT2D eigenvalue weighted by atomic mass is 9.82. The van der Waals surface area contributed by atoms with Gasteiger partial charge in [-0.3, -0.25) is 0 Å². The van der Waals surface area contributed by atoms with Gasteiger partial charge < -0.3 is 0 Å². The van der Waals surface area contributed by atoms with Gasteiger partial charge in [0.1, 0.15) is 0 Å². The summed E-state index contributed by atoms with van der Waals surface area (Å²) in [5, 5.41) is 0. The van der Waals surface area contributed by atoms with Gasteiger partial charge in [-0.25, -0.2) is 0 Å². The van der Waals surface area contributed by atoms with E-state index in [4.69, 9.17) is 11.6 Å². The van der Waals surface area contributed by atoms with E-state index in [-0.39, 0.29) is 12.8 Å². The van der Waals surface area contributed by atoms with Crippen molar-refractivity contribution in [2.45, 2.75) is 31.9 Å². The molecule has 0 heterocycles. The molecule has 0 atom stereocenters. The lowest BCUT2D eigenvalue weighted by molar-refractivity contribution is -0.183. The van der Waals surface area contributed by atoms with E-state index in [1.54, 1.807) is 0 Å².